The molecular weight excluding hydrogens is 577 g/mol. The number of fused-ring (bicyclic) bond motifs is 1. The maximum Gasteiger partial charge on any atom is 0.410 e. The van der Waals surface area contributed by atoms with E-state index in [1.165, 1.54) is 12.1 Å². The topological polar surface area (TPSA) is 108 Å². The number of nitrogens with one attached hydrogen (secondary N) is 1. The highest BCUT2D eigenvalue weighted by Gasteiger charge is 2.44. The minimum Gasteiger partial charge on any atom is -0.445 e. The van der Waals surface area contributed by atoms with Gasteiger partial charge in [0, 0.05) is 19.1 Å². The standard InChI is InChI=1S/C14H19NO3.C12H22N2O2.C7H7FO.C2H6/c1-14(2,3)12(9-16)15-13(17)18-10-11-7-5-4-6-8-11;1-12(2,3)16-11(15)14-8-6-9-10(14)5-7-13(9)4;8-7-3-1-6(5-9)2-4-7;1-2/h4-9,12H,10H2,1-3H3,(H,15,17);9-10H,5-8H2,1-4H3;1-4,9H,5H2;1-2H3. The molecule has 2 aromatic carbocycles. The Kier molecular flexibility index (Phi) is 16.8. The van der Waals surface area contributed by atoms with Gasteiger partial charge in [-0.1, -0.05) is 77.1 Å². The number of ether oxygens (including phenoxy) is 2. The second-order valence-corrected chi connectivity index (χ2v) is 12.8. The third-order valence-corrected chi connectivity index (χ3v) is 7.13. The smallest absolute Gasteiger partial charge is 0.410 e. The fourth-order valence-corrected chi connectivity index (χ4v) is 4.68. The number of hydrogen-bond donors (Lipinski definition) is 2. The lowest BCUT2D eigenvalue weighted by Crippen LogP contribution is -2.45. The Morgan fingerprint density at radius 1 is 0.956 bits per heavy atom. The van der Waals surface area contributed by atoms with Crippen molar-refractivity contribution in [3.05, 3.63) is 71.5 Å². The van der Waals surface area contributed by atoms with Crippen LogP contribution in [-0.2, 0) is 27.5 Å². The molecule has 2 aliphatic rings. The molecule has 2 aliphatic heterocycles. The van der Waals surface area contributed by atoms with Gasteiger partial charge in [-0.15, -0.1) is 0 Å². The minimum absolute atomic E-state index is 0.0275. The van der Waals surface area contributed by atoms with Crippen LogP contribution in [0.3, 0.4) is 0 Å². The maximum atomic E-state index is 12.1. The first kappa shape index (κ1) is 39.5. The van der Waals surface area contributed by atoms with Crippen LogP contribution in [0.4, 0.5) is 14.0 Å². The van der Waals surface area contributed by atoms with E-state index in [0.717, 1.165) is 43.3 Å². The number of amides is 2. The monoisotopic (exact) mass is 631 g/mol. The first-order valence-electron chi connectivity index (χ1n) is 15.6. The summed E-state index contributed by atoms with van der Waals surface area (Å²) < 4.78 is 22.6. The summed E-state index contributed by atoms with van der Waals surface area (Å²) in [5.41, 5.74) is 0.926. The van der Waals surface area contributed by atoms with Crippen molar-refractivity contribution in [3.63, 3.8) is 0 Å². The number of rotatable bonds is 5. The van der Waals surface area contributed by atoms with Gasteiger partial charge >= 0.3 is 12.2 Å². The van der Waals surface area contributed by atoms with E-state index in [2.05, 4.69) is 17.3 Å². The Morgan fingerprint density at radius 3 is 2.04 bits per heavy atom. The Hall–Kier alpha value is -3.50. The second kappa shape index (κ2) is 19.1. The Bertz CT molecular complexity index is 1150. The van der Waals surface area contributed by atoms with Crippen molar-refractivity contribution >= 4 is 18.5 Å². The summed E-state index contributed by atoms with van der Waals surface area (Å²) in [6, 6.07) is 15.5. The van der Waals surface area contributed by atoms with Crippen molar-refractivity contribution in [2.24, 2.45) is 5.41 Å². The highest BCUT2D eigenvalue weighted by Crippen LogP contribution is 2.31. The van der Waals surface area contributed by atoms with E-state index in [-0.39, 0.29) is 36.1 Å². The zero-order valence-electron chi connectivity index (χ0n) is 28.5. The number of hydrogen-bond acceptors (Lipinski definition) is 7. The van der Waals surface area contributed by atoms with Crippen LogP contribution in [-0.4, -0.2) is 77.2 Å². The molecule has 2 heterocycles. The van der Waals surface area contributed by atoms with Gasteiger partial charge < -0.3 is 34.5 Å². The molecule has 3 atom stereocenters. The fraction of sp³-hybridized carbons (Fsp3) is 0.571. The number of carbonyl (C=O) groups is 3. The number of alkyl carbamates (subject to hydrolysis) is 1. The third kappa shape index (κ3) is 14.4. The lowest BCUT2D eigenvalue weighted by molar-refractivity contribution is -0.111. The second-order valence-electron chi connectivity index (χ2n) is 12.8. The van der Waals surface area contributed by atoms with Crippen LogP contribution in [0, 0.1) is 11.2 Å². The molecule has 0 bridgehead atoms. The minimum atomic E-state index is -0.578. The van der Waals surface area contributed by atoms with Crippen molar-refractivity contribution in [2.75, 3.05) is 20.1 Å². The number of likely N-dealkylation sites (N-methyl/N-ethyl adjacent to an activating group) is 1. The molecule has 0 radical (unpaired) electrons. The molecule has 2 aromatic rings. The summed E-state index contributed by atoms with van der Waals surface area (Å²) in [6.07, 6.45) is 2.17. The molecule has 4 rings (SSSR count). The van der Waals surface area contributed by atoms with Crippen molar-refractivity contribution in [3.8, 4) is 0 Å². The molecular formula is C35H54FN3O6. The van der Waals surface area contributed by atoms with Gasteiger partial charge in [0.05, 0.1) is 18.7 Å². The highest BCUT2D eigenvalue weighted by atomic mass is 19.1. The Labute approximate surface area is 269 Å². The SMILES string of the molecule is CC.CC(C)(C)C(C=O)NC(=O)OCc1ccccc1.CN1CCC2C1CCN2C(=O)OC(C)(C)C.OCc1ccc(F)cc1. The summed E-state index contributed by atoms with van der Waals surface area (Å²) in [7, 11) is 2.14. The number of likely N-dealkylation sites (tertiary alicyclic amines) is 2. The van der Waals surface area contributed by atoms with Gasteiger partial charge in [-0.3, -0.25) is 0 Å². The number of carbonyl (C=O) groups excluding carboxylic acids is 3. The predicted octanol–water partition coefficient (Wildman–Crippen LogP) is 6.57. The first-order chi connectivity index (χ1) is 21.1. The summed E-state index contributed by atoms with van der Waals surface area (Å²) in [5, 5.41) is 11.1. The van der Waals surface area contributed by atoms with E-state index < -0.39 is 12.1 Å². The van der Waals surface area contributed by atoms with Gasteiger partial charge in [-0.05, 0) is 69.3 Å². The normalized spacial score (nSPS) is 18.0. The summed E-state index contributed by atoms with van der Waals surface area (Å²) in [6.45, 7) is 17.5. The van der Waals surface area contributed by atoms with Crippen molar-refractivity contribution in [1.29, 1.82) is 0 Å². The highest BCUT2D eigenvalue weighted by molar-refractivity contribution is 5.73. The molecule has 2 N–H and O–H groups in total. The van der Waals surface area contributed by atoms with Crippen LogP contribution >= 0.6 is 0 Å². The average Bonchev–Trinajstić information content (AvgIpc) is 3.59. The van der Waals surface area contributed by atoms with E-state index in [0.29, 0.717) is 12.1 Å². The van der Waals surface area contributed by atoms with E-state index in [1.54, 1.807) is 12.1 Å². The molecule has 2 saturated heterocycles. The number of benzene rings is 2. The number of aliphatic hydroxyl groups excluding tert-OH is 1. The number of halogens is 1. The fourth-order valence-electron chi connectivity index (χ4n) is 4.68. The van der Waals surface area contributed by atoms with Gasteiger partial charge in [0.1, 0.15) is 24.3 Å². The Morgan fingerprint density at radius 2 is 1.53 bits per heavy atom. The summed E-state index contributed by atoms with van der Waals surface area (Å²) in [5.74, 6) is -0.271. The zero-order chi connectivity index (χ0) is 34.2. The number of nitrogens with zero attached hydrogens (tertiary/aromatic N) is 2. The van der Waals surface area contributed by atoms with Crippen LogP contribution < -0.4 is 5.32 Å². The van der Waals surface area contributed by atoms with Crippen LogP contribution in [0.2, 0.25) is 0 Å². The quantitative estimate of drug-likeness (QED) is 0.360. The molecule has 252 valence electrons. The molecule has 3 unspecified atom stereocenters. The van der Waals surface area contributed by atoms with Gasteiger partial charge in [0.25, 0.3) is 0 Å². The molecule has 0 aliphatic carbocycles. The number of aliphatic hydroxyl groups is 1. The van der Waals surface area contributed by atoms with Crippen molar-refractivity contribution < 1.29 is 33.4 Å². The molecule has 9 nitrogen and oxygen atoms in total. The lowest BCUT2D eigenvalue weighted by atomic mass is 9.88. The van der Waals surface area contributed by atoms with Crippen LogP contribution in [0.5, 0.6) is 0 Å². The average molecular weight is 632 g/mol. The van der Waals surface area contributed by atoms with Crippen molar-refractivity contribution in [2.45, 2.75) is 105 Å². The molecule has 10 heteroatoms. The molecule has 2 fully saturated rings. The summed E-state index contributed by atoms with van der Waals surface area (Å²) in [4.78, 5) is 38.7. The zero-order valence-corrected chi connectivity index (χ0v) is 28.5. The van der Waals surface area contributed by atoms with Crippen LogP contribution in [0.15, 0.2) is 54.6 Å². The van der Waals surface area contributed by atoms with Gasteiger partial charge in [-0.25, -0.2) is 14.0 Å². The first-order valence-corrected chi connectivity index (χ1v) is 15.6. The lowest BCUT2D eigenvalue weighted by Gasteiger charge is -2.28. The van der Waals surface area contributed by atoms with E-state index in [1.807, 2.05) is 90.6 Å². The Balaban J connectivity index is 0.000000343. The van der Waals surface area contributed by atoms with E-state index >= 15 is 0 Å². The molecule has 45 heavy (non-hydrogen) atoms. The third-order valence-electron chi connectivity index (χ3n) is 7.13. The largest absolute Gasteiger partial charge is 0.445 e. The molecule has 0 spiro atoms. The van der Waals surface area contributed by atoms with E-state index in [9.17, 15) is 18.8 Å². The van der Waals surface area contributed by atoms with Crippen molar-refractivity contribution in [1.82, 2.24) is 15.1 Å². The molecule has 0 aromatic heterocycles. The van der Waals surface area contributed by atoms with E-state index in [4.69, 9.17) is 14.6 Å². The summed E-state index contributed by atoms with van der Waals surface area (Å²) >= 11 is 0. The predicted molar refractivity (Wildman–Crippen MR) is 175 cm³/mol. The van der Waals surface area contributed by atoms with Gasteiger partial charge in [0.2, 0.25) is 0 Å². The number of aldehydes is 1. The van der Waals surface area contributed by atoms with Crippen LogP contribution in [0.25, 0.3) is 0 Å². The van der Waals surface area contributed by atoms with Gasteiger partial charge in [0.15, 0.2) is 0 Å². The van der Waals surface area contributed by atoms with Crippen LogP contribution in [0.1, 0.15) is 79.4 Å². The molecule has 0 saturated carbocycles. The maximum absolute atomic E-state index is 12.1. The molecule has 2 amide bonds. The van der Waals surface area contributed by atoms with Gasteiger partial charge in [-0.2, -0.15) is 0 Å².